The summed E-state index contributed by atoms with van der Waals surface area (Å²) in [5.41, 5.74) is 0. The number of aliphatic hydroxyl groups is 8. The van der Waals surface area contributed by atoms with Crippen molar-refractivity contribution in [1.29, 1.82) is 0 Å². The first-order chi connectivity index (χ1) is 58.7. The summed E-state index contributed by atoms with van der Waals surface area (Å²) in [6.45, 7) is 11.6. The molecule has 0 aliphatic carbocycles. The first kappa shape index (κ1) is 118. The molecule has 0 aromatic heterocycles. The van der Waals surface area contributed by atoms with Gasteiger partial charge in [-0.05, 0) is 167 Å². The summed E-state index contributed by atoms with van der Waals surface area (Å²) < 4.78 is 14.7. The van der Waals surface area contributed by atoms with Crippen molar-refractivity contribution >= 4 is 30.9 Å². The van der Waals surface area contributed by atoms with Gasteiger partial charge in [-0.15, -0.1) is 0 Å². The molecule has 5 unspecified atom stereocenters. The number of hydrogen-bond donors (Lipinski definition) is 12. The SMILES string of the molecule is CCC(O)/C=C/C=C\C/C=C\C/C=C\C/C=C\CCCOC=O.CCC(O)/C=C/C=C\C/C=C\C/C=C\C=C\[C@H](CCCC(=O)O)OO.CCC(O)/C=C/C=C\C/C=C\C/C=C\CC[C@@H](O)CCCC(=O)O.CCC(O)/C=C/C=C\C[C@@H](O)/C=C/C=C/C=C/[C@@H](O)CCCC(=O)O.CCC(O)/C=C/C=C\C\C=C/C=C/C=C/[C@@H]1O[C@H]1CCCOC=O. The number of unbranched alkanes of at least 4 members (excludes halogenated alkanes) is 1. The number of epoxide rings is 1. The summed E-state index contributed by atoms with van der Waals surface area (Å²) in [7, 11) is 0. The molecule has 1 saturated heterocycles. The molecule has 1 rings (SSSR count). The molecule has 1 aliphatic heterocycles. The van der Waals surface area contributed by atoms with Crippen LogP contribution in [0.3, 0.4) is 0 Å². The quantitative estimate of drug-likeness (QED) is 0.00512. The third kappa shape index (κ3) is 103. The average molecular weight is 1690 g/mol. The normalized spacial score (nSPS) is 16.7. The number of carbonyl (C=O) groups is 5. The van der Waals surface area contributed by atoms with Crippen LogP contribution in [0, 0.1) is 0 Å². The molecule has 121 heavy (non-hydrogen) atoms. The molecule has 0 radical (unpaired) electrons. The Morgan fingerprint density at radius 2 is 0.636 bits per heavy atom. The van der Waals surface area contributed by atoms with E-state index >= 15 is 0 Å². The highest BCUT2D eigenvalue weighted by Gasteiger charge is 2.35. The van der Waals surface area contributed by atoms with Gasteiger partial charge in [0.2, 0.25) is 0 Å². The van der Waals surface area contributed by atoms with E-state index in [9.17, 15) is 64.8 Å². The van der Waals surface area contributed by atoms with Crippen LogP contribution in [-0.4, -0.2) is 173 Å². The molecule has 1 fully saturated rings. The van der Waals surface area contributed by atoms with Gasteiger partial charge in [0, 0.05) is 19.3 Å². The van der Waals surface area contributed by atoms with Gasteiger partial charge in [-0.1, -0.05) is 326 Å². The van der Waals surface area contributed by atoms with Gasteiger partial charge < -0.3 is 70.4 Å². The van der Waals surface area contributed by atoms with E-state index in [4.69, 9.17) is 25.3 Å². The maximum absolute atomic E-state index is 10.4. The molecule has 12 N–H and O–H groups in total. The van der Waals surface area contributed by atoms with Crippen molar-refractivity contribution in [2.45, 2.75) is 288 Å². The lowest BCUT2D eigenvalue weighted by atomic mass is 10.1. The summed E-state index contributed by atoms with van der Waals surface area (Å²) in [6.07, 6.45) is 108. The number of rotatable bonds is 68. The van der Waals surface area contributed by atoms with E-state index in [0.717, 1.165) is 109 Å². The molecule has 0 amide bonds. The van der Waals surface area contributed by atoms with Gasteiger partial charge in [-0.25, -0.2) is 4.89 Å². The van der Waals surface area contributed by atoms with Gasteiger partial charge in [-0.3, -0.25) is 29.2 Å². The molecule has 11 atom stereocenters. The highest BCUT2D eigenvalue weighted by Crippen LogP contribution is 2.27. The van der Waals surface area contributed by atoms with Crippen LogP contribution in [0.4, 0.5) is 0 Å². The van der Waals surface area contributed by atoms with E-state index in [1.54, 1.807) is 91.1 Å². The second-order valence-electron chi connectivity index (χ2n) is 27.3. The predicted molar refractivity (Wildman–Crippen MR) is 493 cm³/mol. The number of ether oxygens (including phenoxy) is 3. The molecule has 0 aromatic rings. The van der Waals surface area contributed by atoms with Crippen LogP contribution in [0.1, 0.15) is 221 Å². The number of carboxylic acid groups (broad SMARTS) is 3. The van der Waals surface area contributed by atoms with Crippen molar-refractivity contribution in [3.63, 3.8) is 0 Å². The zero-order valence-electron chi connectivity index (χ0n) is 72.7. The van der Waals surface area contributed by atoms with Gasteiger partial charge in [0.25, 0.3) is 12.9 Å². The zero-order valence-corrected chi connectivity index (χ0v) is 72.7. The maximum atomic E-state index is 10.4. The minimum absolute atomic E-state index is 0.0603. The van der Waals surface area contributed by atoms with Crippen molar-refractivity contribution in [3.8, 4) is 0 Å². The first-order valence-electron chi connectivity index (χ1n) is 42.8. The number of aliphatic carboxylic acids is 3. The summed E-state index contributed by atoms with van der Waals surface area (Å²) in [5, 5.41) is 110. The fraction of sp³-hybridized carbons (Fsp3) is 0.470. The zero-order chi connectivity index (χ0) is 90.2. The number of carboxylic acids is 3. The average Bonchev–Trinajstić information content (AvgIpc) is 1.70. The number of aliphatic hydroxyl groups excluding tert-OH is 8. The molecular weight excluding hydrogens is 1540 g/mol. The van der Waals surface area contributed by atoms with E-state index in [1.807, 2.05) is 156 Å². The standard InChI is InChI=1S/2C20H30O5.C20H28O4.C20H32O4.C20H30O3/c1-2-17(21)11-8-5-9-14-18(22)12-6-3-4-7-13-19(23)15-10-16-20(24)25;1-2-18(21)14-11-9-7-5-3-4-6-8-10-12-15-19(25-24)16-13-17-20(22)23;1-2-18(22)13-10-8-6-4-3-5-7-9-11-14-19-20(24-19)15-12-16-23-17-21;1-2-18(21)14-11-9-7-5-3-4-6-8-10-12-15-19(22)16-13-17-20(23)24;1-2-20(22)17-15-13-11-9-7-5-3-4-6-8-10-12-14-16-18-23-19-21/h3-9,11-13,17-19,21-23H,2,10,14-16H2,1H3,(H,24,25);3-4,7-12,14-15,18-19,21,24H,2,5-6,13,16-17H2,1H3,(H,22,23);3,5-11,13-14,17-20,22H,2,4,12,15-16H2,1H3;3-4,7-11,14,18-19,21-22H,2,5-6,12-13,15-17H2,1H3,(H,23,24);4-7,10-13,15,17,19-20,22H,2-3,8-9,14,16,18H2,1H3/b4-3+,9-5-,11-8+,12-6+,13-7+;4-3-,9-7-,10-8-,14-11+,15-12+;5-3-,8-6-,9-7+,13-10+,14-11+;4-3-,9-7-,10-8-,14-11+;6-4-,7-5-,12-10-,13-11-,17-15+/t17?,18-,19+;18?,19-;18?,19-,20-;18?,19-;/m0101./s1. The lowest BCUT2D eigenvalue weighted by Crippen LogP contribution is -2.08. The summed E-state index contributed by atoms with van der Waals surface area (Å²) in [6, 6.07) is 0. The van der Waals surface area contributed by atoms with Gasteiger partial charge in [0.05, 0.1) is 68.1 Å². The van der Waals surface area contributed by atoms with Crippen LogP contribution in [-0.2, 0) is 43.1 Å². The second kappa shape index (κ2) is 96.1. The number of allylic oxidation sites excluding steroid dienone is 38. The third-order valence-electron chi connectivity index (χ3n) is 16.5. The lowest BCUT2D eigenvalue weighted by Gasteiger charge is -2.07. The monoisotopic (exact) mass is 1690 g/mol. The number of hydrogen-bond acceptors (Lipinski definition) is 18. The van der Waals surface area contributed by atoms with Gasteiger partial charge in [0.15, 0.2) is 0 Å². The summed E-state index contributed by atoms with van der Waals surface area (Å²) >= 11 is 0. The highest BCUT2D eigenvalue weighted by atomic mass is 17.1. The highest BCUT2D eigenvalue weighted by molar-refractivity contribution is 5.67. The Labute approximate surface area is 724 Å². The Bertz CT molecular complexity index is 3250. The van der Waals surface area contributed by atoms with E-state index in [2.05, 4.69) is 93.3 Å². The van der Waals surface area contributed by atoms with Crippen LogP contribution < -0.4 is 0 Å². The van der Waals surface area contributed by atoms with Crippen molar-refractivity contribution in [2.75, 3.05) is 13.2 Å². The molecule has 0 spiro atoms. The van der Waals surface area contributed by atoms with Crippen LogP contribution in [0.15, 0.2) is 292 Å². The predicted octanol–water partition coefficient (Wildman–Crippen LogP) is 19.8. The summed E-state index contributed by atoms with van der Waals surface area (Å²) in [4.78, 5) is 55.3. The Balaban J connectivity index is -0.000000707. The third-order valence-corrected chi connectivity index (χ3v) is 16.5. The van der Waals surface area contributed by atoms with Crippen molar-refractivity contribution in [3.05, 3.63) is 292 Å². The Hall–Kier alpha value is -9.33. The number of carbonyl (C=O) groups excluding carboxylic acids is 2. The molecule has 21 heteroatoms. The smallest absolute Gasteiger partial charge is 0.303 e. The summed E-state index contributed by atoms with van der Waals surface area (Å²) in [5.74, 6) is -2.51. The lowest BCUT2D eigenvalue weighted by molar-refractivity contribution is -0.267. The van der Waals surface area contributed by atoms with Gasteiger partial charge >= 0.3 is 17.9 Å². The van der Waals surface area contributed by atoms with E-state index in [1.165, 1.54) is 0 Å². The molecule has 0 aromatic carbocycles. The molecule has 21 nitrogen and oxygen atoms in total. The Morgan fingerprint density at radius 1 is 0.322 bits per heavy atom. The first-order valence-corrected chi connectivity index (χ1v) is 42.8. The van der Waals surface area contributed by atoms with Crippen LogP contribution >= 0.6 is 0 Å². The van der Waals surface area contributed by atoms with Crippen LogP contribution in [0.5, 0.6) is 0 Å². The topological polar surface area (TPSA) is 368 Å². The molecule has 1 heterocycles. The van der Waals surface area contributed by atoms with Gasteiger partial charge in [-0.2, -0.15) is 0 Å². The van der Waals surface area contributed by atoms with E-state index < -0.39 is 48.4 Å². The Kier molecular flexibility index (Phi) is 93.7. The van der Waals surface area contributed by atoms with Gasteiger partial charge in [0.1, 0.15) is 12.2 Å². The molecule has 1 aliphatic rings. The molecular formula is C100H150O21. The molecule has 0 bridgehead atoms. The molecule has 0 saturated carbocycles. The van der Waals surface area contributed by atoms with Crippen molar-refractivity contribution in [1.82, 2.24) is 0 Å². The van der Waals surface area contributed by atoms with Crippen molar-refractivity contribution in [2.24, 2.45) is 0 Å². The van der Waals surface area contributed by atoms with E-state index in [0.29, 0.717) is 83.9 Å². The fourth-order valence-corrected chi connectivity index (χ4v) is 9.22. The van der Waals surface area contributed by atoms with Crippen molar-refractivity contribution < 1.29 is 104 Å². The molecule has 676 valence electrons. The van der Waals surface area contributed by atoms with Crippen LogP contribution in [0.25, 0.3) is 0 Å². The fourth-order valence-electron chi connectivity index (χ4n) is 9.22. The van der Waals surface area contributed by atoms with Crippen LogP contribution in [0.2, 0.25) is 0 Å². The largest absolute Gasteiger partial charge is 0.481 e. The maximum Gasteiger partial charge on any atom is 0.303 e. The van der Waals surface area contributed by atoms with E-state index in [-0.39, 0.29) is 55.9 Å². The minimum Gasteiger partial charge on any atom is -0.481 e. The minimum atomic E-state index is -0.857. The Morgan fingerprint density at radius 3 is 1.04 bits per heavy atom. The second-order valence-corrected chi connectivity index (χ2v) is 27.3.